The lowest BCUT2D eigenvalue weighted by Gasteiger charge is -2.34. The molecule has 2 aliphatic heterocycles. The van der Waals surface area contributed by atoms with Crippen LogP contribution in [0.25, 0.3) is 0 Å². The van der Waals surface area contributed by atoms with Crippen molar-refractivity contribution in [3.63, 3.8) is 0 Å². The van der Waals surface area contributed by atoms with Gasteiger partial charge in [-0.25, -0.2) is 9.69 Å². The molecule has 2 atom stereocenters. The average molecular weight is 449 g/mol. The predicted molar refractivity (Wildman–Crippen MR) is 123 cm³/mol. The maximum absolute atomic E-state index is 13.1. The van der Waals surface area contributed by atoms with E-state index in [9.17, 15) is 19.2 Å². The molecule has 0 radical (unpaired) electrons. The van der Waals surface area contributed by atoms with Crippen molar-refractivity contribution < 1.29 is 23.9 Å². The number of hydrogen-bond acceptors (Lipinski definition) is 5. The number of piperidine rings is 1. The molecule has 2 heterocycles. The largest absolute Gasteiger partial charge is 0.452 e. The van der Waals surface area contributed by atoms with Crippen LogP contribution in [0.5, 0.6) is 0 Å². The molecule has 2 aliphatic rings. The van der Waals surface area contributed by atoms with Crippen molar-refractivity contribution >= 4 is 29.4 Å². The SMILES string of the molecule is Cc1ccc(C)c(N2C(=O)c3ccc(C(=O)OCC(=O)N4CC(C)CC(C)C4)cc3C2=O)c1. The van der Waals surface area contributed by atoms with Gasteiger partial charge in [-0.3, -0.25) is 14.4 Å². The lowest BCUT2D eigenvalue weighted by molar-refractivity contribution is -0.137. The maximum Gasteiger partial charge on any atom is 0.338 e. The van der Waals surface area contributed by atoms with Crippen molar-refractivity contribution in [2.24, 2.45) is 11.8 Å². The van der Waals surface area contributed by atoms with Crippen LogP contribution in [0.3, 0.4) is 0 Å². The molecule has 1 fully saturated rings. The summed E-state index contributed by atoms with van der Waals surface area (Å²) in [6.45, 7) is 8.90. The number of ether oxygens (including phenoxy) is 1. The number of rotatable bonds is 4. The van der Waals surface area contributed by atoms with E-state index < -0.39 is 17.8 Å². The summed E-state index contributed by atoms with van der Waals surface area (Å²) in [6.07, 6.45) is 1.07. The first-order valence-electron chi connectivity index (χ1n) is 11.2. The molecule has 1 saturated heterocycles. The Morgan fingerprint density at radius 2 is 1.61 bits per heavy atom. The van der Waals surface area contributed by atoms with Gasteiger partial charge in [0.15, 0.2) is 6.61 Å². The first-order valence-corrected chi connectivity index (χ1v) is 11.2. The summed E-state index contributed by atoms with van der Waals surface area (Å²) >= 11 is 0. The highest BCUT2D eigenvalue weighted by molar-refractivity contribution is 6.35. The first kappa shape index (κ1) is 22.7. The van der Waals surface area contributed by atoms with E-state index in [1.807, 2.05) is 26.0 Å². The second-order valence-corrected chi connectivity index (χ2v) is 9.32. The van der Waals surface area contributed by atoms with Crippen LogP contribution in [0.15, 0.2) is 36.4 Å². The second-order valence-electron chi connectivity index (χ2n) is 9.32. The van der Waals surface area contributed by atoms with Crippen molar-refractivity contribution in [1.29, 1.82) is 0 Å². The molecule has 0 saturated carbocycles. The Balaban J connectivity index is 1.48. The smallest absolute Gasteiger partial charge is 0.338 e. The fourth-order valence-corrected chi connectivity index (χ4v) is 4.72. The van der Waals surface area contributed by atoms with Crippen LogP contribution in [0, 0.1) is 25.7 Å². The zero-order valence-electron chi connectivity index (χ0n) is 19.4. The van der Waals surface area contributed by atoms with E-state index in [0.717, 1.165) is 22.4 Å². The molecule has 0 N–H and O–H groups in total. The van der Waals surface area contributed by atoms with E-state index in [-0.39, 0.29) is 29.2 Å². The van der Waals surface area contributed by atoms with E-state index >= 15 is 0 Å². The molecule has 2 aromatic rings. The van der Waals surface area contributed by atoms with Gasteiger partial charge in [0.05, 0.1) is 22.4 Å². The maximum atomic E-state index is 13.1. The summed E-state index contributed by atoms with van der Waals surface area (Å²) in [5.74, 6) is -1.01. The van der Waals surface area contributed by atoms with Crippen LogP contribution in [0.4, 0.5) is 5.69 Å². The highest BCUT2D eigenvalue weighted by Crippen LogP contribution is 2.32. The van der Waals surface area contributed by atoms with E-state index in [2.05, 4.69) is 13.8 Å². The molecule has 3 amide bonds. The lowest BCUT2D eigenvalue weighted by Crippen LogP contribution is -2.44. The van der Waals surface area contributed by atoms with Gasteiger partial charge in [-0.2, -0.15) is 0 Å². The molecule has 172 valence electrons. The minimum atomic E-state index is -0.699. The van der Waals surface area contributed by atoms with E-state index in [1.165, 1.54) is 18.2 Å². The minimum absolute atomic E-state index is 0.130. The zero-order chi connectivity index (χ0) is 23.9. The third-order valence-electron chi connectivity index (χ3n) is 6.28. The number of carbonyl (C=O) groups is 4. The van der Waals surface area contributed by atoms with Crippen molar-refractivity contribution in [2.45, 2.75) is 34.1 Å². The molecule has 7 heteroatoms. The number of esters is 1. The standard InChI is InChI=1S/C26H28N2O5/c1-15-5-6-18(4)22(10-15)28-24(30)20-8-7-19(11-21(20)25(28)31)26(32)33-14-23(29)27-12-16(2)9-17(3)13-27/h5-8,10-11,16-17H,9,12-14H2,1-4H3. The number of amides is 3. The minimum Gasteiger partial charge on any atom is -0.452 e. The predicted octanol–water partition coefficient (Wildman–Crippen LogP) is 3.77. The molecule has 2 unspecified atom stereocenters. The van der Waals surface area contributed by atoms with Gasteiger partial charge >= 0.3 is 5.97 Å². The Hall–Kier alpha value is -3.48. The highest BCUT2D eigenvalue weighted by atomic mass is 16.5. The summed E-state index contributed by atoms with van der Waals surface area (Å²) in [6, 6.07) is 9.86. The Morgan fingerprint density at radius 1 is 0.939 bits per heavy atom. The molecule has 0 bridgehead atoms. The number of carbonyl (C=O) groups excluding carboxylic acids is 4. The number of nitrogens with zero attached hydrogens (tertiary/aromatic N) is 2. The fraction of sp³-hybridized carbons (Fsp3) is 0.385. The number of imide groups is 1. The van der Waals surface area contributed by atoms with Crippen LogP contribution < -0.4 is 4.90 Å². The molecule has 33 heavy (non-hydrogen) atoms. The Labute approximate surface area is 193 Å². The van der Waals surface area contributed by atoms with Gasteiger partial charge in [0.1, 0.15) is 0 Å². The molecule has 0 aromatic heterocycles. The van der Waals surface area contributed by atoms with Crippen molar-refractivity contribution in [3.8, 4) is 0 Å². The Morgan fingerprint density at radius 3 is 2.30 bits per heavy atom. The van der Waals surface area contributed by atoms with Gasteiger partial charge in [0.2, 0.25) is 0 Å². The van der Waals surface area contributed by atoms with Gasteiger partial charge in [-0.15, -0.1) is 0 Å². The van der Waals surface area contributed by atoms with Crippen molar-refractivity contribution in [2.75, 3.05) is 24.6 Å². The van der Waals surface area contributed by atoms with Crippen LogP contribution in [-0.2, 0) is 9.53 Å². The van der Waals surface area contributed by atoms with Crippen molar-refractivity contribution in [3.05, 3.63) is 64.2 Å². The Kier molecular flexibility index (Phi) is 6.06. The topological polar surface area (TPSA) is 84.0 Å². The van der Waals surface area contributed by atoms with E-state index in [1.54, 1.807) is 11.0 Å². The quantitative estimate of drug-likeness (QED) is 0.525. The lowest BCUT2D eigenvalue weighted by atomic mass is 9.92. The number of aryl methyl sites for hydroxylation is 2. The van der Waals surface area contributed by atoms with Gasteiger partial charge < -0.3 is 9.64 Å². The summed E-state index contributed by atoms with van der Waals surface area (Å²) in [5.41, 5.74) is 2.78. The van der Waals surface area contributed by atoms with Gasteiger partial charge in [-0.05, 0) is 67.5 Å². The number of likely N-dealkylation sites (tertiary alicyclic amines) is 1. The van der Waals surface area contributed by atoms with Crippen molar-refractivity contribution in [1.82, 2.24) is 4.90 Å². The summed E-state index contributed by atoms with van der Waals surface area (Å²) in [5, 5.41) is 0. The fourth-order valence-electron chi connectivity index (χ4n) is 4.72. The molecule has 0 aliphatic carbocycles. The number of anilines is 1. The average Bonchev–Trinajstić information content (AvgIpc) is 3.02. The monoisotopic (exact) mass is 448 g/mol. The highest BCUT2D eigenvalue weighted by Gasteiger charge is 2.38. The number of benzene rings is 2. The van der Waals surface area contributed by atoms with Crippen LogP contribution in [0.1, 0.15) is 62.5 Å². The van der Waals surface area contributed by atoms with E-state index in [0.29, 0.717) is 30.6 Å². The number of hydrogen-bond donors (Lipinski definition) is 0. The molecule has 4 rings (SSSR count). The van der Waals surface area contributed by atoms with Crippen LogP contribution >= 0.6 is 0 Å². The third kappa shape index (κ3) is 4.40. The van der Waals surface area contributed by atoms with E-state index in [4.69, 9.17) is 4.74 Å². The summed E-state index contributed by atoms with van der Waals surface area (Å²) < 4.78 is 5.24. The summed E-state index contributed by atoms with van der Waals surface area (Å²) in [7, 11) is 0. The molecule has 7 nitrogen and oxygen atoms in total. The molecular formula is C26H28N2O5. The summed E-state index contributed by atoms with van der Waals surface area (Å²) in [4.78, 5) is 54.0. The molecule has 2 aromatic carbocycles. The van der Waals surface area contributed by atoms with Crippen LogP contribution in [0.2, 0.25) is 0 Å². The van der Waals surface area contributed by atoms with Gasteiger partial charge in [0.25, 0.3) is 17.7 Å². The van der Waals surface area contributed by atoms with Gasteiger partial charge in [-0.1, -0.05) is 26.0 Å². The van der Waals surface area contributed by atoms with Gasteiger partial charge in [0, 0.05) is 13.1 Å². The normalized spacial score (nSPS) is 20.1. The number of fused-ring (bicyclic) bond motifs is 1. The second kappa shape index (κ2) is 8.81. The first-order chi connectivity index (χ1) is 15.7. The molecular weight excluding hydrogens is 420 g/mol. The Bertz CT molecular complexity index is 1150. The molecule has 0 spiro atoms. The van der Waals surface area contributed by atoms with Crippen LogP contribution in [-0.4, -0.2) is 48.3 Å². The zero-order valence-corrected chi connectivity index (χ0v) is 19.4. The third-order valence-corrected chi connectivity index (χ3v) is 6.28.